The number of amides is 1. The molecule has 0 rings (SSSR count). The van der Waals surface area contributed by atoms with Gasteiger partial charge in [0.1, 0.15) is 0 Å². The summed E-state index contributed by atoms with van der Waals surface area (Å²) in [6.07, 6.45) is 1.38. The summed E-state index contributed by atoms with van der Waals surface area (Å²) in [4.78, 5) is 11.2. The van der Waals surface area contributed by atoms with Crippen LogP contribution in [0.5, 0.6) is 0 Å². The molecule has 4 heteroatoms. The average molecular weight is 188 g/mol. The van der Waals surface area contributed by atoms with Crippen LogP contribution in [0.4, 0.5) is 0 Å². The van der Waals surface area contributed by atoms with E-state index in [0.717, 1.165) is 6.42 Å². The van der Waals surface area contributed by atoms with E-state index in [1.165, 1.54) is 0 Å². The van der Waals surface area contributed by atoms with Crippen molar-refractivity contribution in [3.05, 3.63) is 0 Å². The van der Waals surface area contributed by atoms with Crippen LogP contribution in [-0.2, 0) is 9.53 Å². The van der Waals surface area contributed by atoms with Crippen molar-refractivity contribution in [1.82, 2.24) is 5.32 Å². The number of hydrogen-bond acceptors (Lipinski definition) is 3. The molecule has 1 atom stereocenters. The van der Waals surface area contributed by atoms with Crippen molar-refractivity contribution in [2.24, 2.45) is 11.7 Å². The van der Waals surface area contributed by atoms with Gasteiger partial charge in [0, 0.05) is 26.7 Å². The first-order valence-corrected chi connectivity index (χ1v) is 4.66. The number of carbonyl (C=O) groups excluding carboxylic acids is 1. The Labute approximate surface area is 79.8 Å². The average Bonchev–Trinajstić information content (AvgIpc) is 2.12. The van der Waals surface area contributed by atoms with Gasteiger partial charge in [-0.05, 0) is 18.9 Å². The van der Waals surface area contributed by atoms with Crippen LogP contribution in [-0.4, -0.2) is 32.7 Å². The Morgan fingerprint density at radius 3 is 2.85 bits per heavy atom. The topological polar surface area (TPSA) is 64.3 Å². The van der Waals surface area contributed by atoms with Crippen LogP contribution in [0.15, 0.2) is 0 Å². The number of nitrogens with one attached hydrogen (secondary N) is 1. The van der Waals surface area contributed by atoms with Crippen molar-refractivity contribution in [3.8, 4) is 0 Å². The van der Waals surface area contributed by atoms with Crippen LogP contribution in [0.2, 0.25) is 0 Å². The second kappa shape index (κ2) is 8.01. The summed E-state index contributed by atoms with van der Waals surface area (Å²) < 4.78 is 4.85. The summed E-state index contributed by atoms with van der Waals surface area (Å²) in [6, 6.07) is 0. The van der Waals surface area contributed by atoms with Crippen LogP contribution >= 0.6 is 0 Å². The Kier molecular flexibility index (Phi) is 7.63. The molecule has 1 unspecified atom stereocenters. The normalized spacial score (nSPS) is 12.5. The van der Waals surface area contributed by atoms with Gasteiger partial charge in [0.2, 0.25) is 5.91 Å². The van der Waals surface area contributed by atoms with Gasteiger partial charge >= 0.3 is 0 Å². The molecule has 0 radical (unpaired) electrons. The summed E-state index contributed by atoms with van der Waals surface area (Å²) in [5, 5.41) is 2.81. The number of hydrogen-bond donors (Lipinski definition) is 2. The highest BCUT2D eigenvalue weighted by molar-refractivity contribution is 5.76. The quantitative estimate of drug-likeness (QED) is 0.558. The van der Waals surface area contributed by atoms with Crippen molar-refractivity contribution >= 4 is 5.91 Å². The molecule has 0 saturated carbocycles. The van der Waals surface area contributed by atoms with Gasteiger partial charge in [-0.3, -0.25) is 4.79 Å². The highest BCUT2D eigenvalue weighted by Gasteiger charge is 2.05. The van der Waals surface area contributed by atoms with Crippen molar-refractivity contribution in [3.63, 3.8) is 0 Å². The first kappa shape index (κ1) is 12.4. The van der Waals surface area contributed by atoms with Crippen LogP contribution in [0.1, 0.15) is 19.8 Å². The molecule has 0 aliphatic rings. The lowest BCUT2D eigenvalue weighted by molar-refractivity contribution is -0.121. The predicted octanol–water partition coefficient (Wildman–Crippen LogP) is 0.124. The van der Waals surface area contributed by atoms with Crippen LogP contribution in [0.25, 0.3) is 0 Å². The number of carbonyl (C=O) groups is 1. The minimum atomic E-state index is 0.0778. The molecule has 3 N–H and O–H groups in total. The highest BCUT2D eigenvalue weighted by atomic mass is 16.5. The first-order chi connectivity index (χ1) is 6.20. The van der Waals surface area contributed by atoms with Crippen molar-refractivity contribution < 1.29 is 9.53 Å². The van der Waals surface area contributed by atoms with Gasteiger partial charge in [0.05, 0.1) is 0 Å². The minimum Gasteiger partial charge on any atom is -0.385 e. The third-order valence-electron chi connectivity index (χ3n) is 1.78. The van der Waals surface area contributed by atoms with Crippen molar-refractivity contribution in [2.45, 2.75) is 19.8 Å². The lowest BCUT2D eigenvalue weighted by Crippen LogP contribution is -2.28. The molecule has 78 valence electrons. The molecule has 0 aromatic heterocycles. The molecule has 0 bridgehead atoms. The smallest absolute Gasteiger partial charge is 0.220 e. The van der Waals surface area contributed by atoms with Gasteiger partial charge in [0.25, 0.3) is 0 Å². The third kappa shape index (κ3) is 7.74. The van der Waals surface area contributed by atoms with E-state index in [4.69, 9.17) is 10.5 Å². The fraction of sp³-hybridized carbons (Fsp3) is 0.889. The van der Waals surface area contributed by atoms with Gasteiger partial charge in [0.15, 0.2) is 0 Å². The van der Waals surface area contributed by atoms with Gasteiger partial charge in [-0.1, -0.05) is 6.92 Å². The monoisotopic (exact) mass is 188 g/mol. The van der Waals surface area contributed by atoms with E-state index in [9.17, 15) is 4.79 Å². The number of methoxy groups -OCH3 is 1. The van der Waals surface area contributed by atoms with E-state index >= 15 is 0 Å². The molecule has 0 spiro atoms. The molecule has 0 aliphatic carbocycles. The summed E-state index contributed by atoms with van der Waals surface area (Å²) in [7, 11) is 1.65. The number of ether oxygens (including phenoxy) is 1. The molecule has 13 heavy (non-hydrogen) atoms. The standard InChI is InChI=1S/C9H20N2O2/c1-8(7-10)6-9(12)11-4-3-5-13-2/h8H,3-7,10H2,1-2H3,(H,11,12). The zero-order valence-corrected chi connectivity index (χ0v) is 8.51. The van der Waals surface area contributed by atoms with E-state index in [1.807, 2.05) is 6.92 Å². The molecule has 0 saturated heterocycles. The molecular weight excluding hydrogens is 168 g/mol. The van der Waals surface area contributed by atoms with E-state index in [1.54, 1.807) is 7.11 Å². The van der Waals surface area contributed by atoms with E-state index in [-0.39, 0.29) is 11.8 Å². The third-order valence-corrected chi connectivity index (χ3v) is 1.78. The molecule has 1 amide bonds. The summed E-state index contributed by atoms with van der Waals surface area (Å²) in [5.41, 5.74) is 5.40. The number of rotatable bonds is 7. The molecular formula is C9H20N2O2. The molecule has 0 aromatic rings. The van der Waals surface area contributed by atoms with E-state index < -0.39 is 0 Å². The first-order valence-electron chi connectivity index (χ1n) is 4.66. The van der Waals surface area contributed by atoms with Gasteiger partial charge in [-0.25, -0.2) is 0 Å². The summed E-state index contributed by atoms with van der Waals surface area (Å²) in [5.74, 6) is 0.344. The minimum absolute atomic E-state index is 0.0778. The largest absolute Gasteiger partial charge is 0.385 e. The lowest BCUT2D eigenvalue weighted by Gasteiger charge is -2.08. The SMILES string of the molecule is COCCCNC(=O)CC(C)CN. The second-order valence-corrected chi connectivity index (χ2v) is 3.24. The zero-order chi connectivity index (χ0) is 10.1. The summed E-state index contributed by atoms with van der Waals surface area (Å²) >= 11 is 0. The Bertz CT molecular complexity index is 140. The second-order valence-electron chi connectivity index (χ2n) is 3.24. The number of nitrogens with two attached hydrogens (primary N) is 1. The lowest BCUT2D eigenvalue weighted by atomic mass is 10.1. The molecule has 0 aliphatic heterocycles. The summed E-state index contributed by atoms with van der Waals surface area (Å²) in [6.45, 7) is 3.90. The Balaban J connectivity index is 3.30. The van der Waals surface area contributed by atoms with Crippen molar-refractivity contribution in [1.29, 1.82) is 0 Å². The predicted molar refractivity (Wildman–Crippen MR) is 52.3 cm³/mol. The van der Waals surface area contributed by atoms with Crippen molar-refractivity contribution in [2.75, 3.05) is 26.8 Å². The zero-order valence-electron chi connectivity index (χ0n) is 8.51. The maximum Gasteiger partial charge on any atom is 0.220 e. The Hall–Kier alpha value is -0.610. The van der Waals surface area contributed by atoms with Crippen LogP contribution in [0, 0.1) is 5.92 Å². The van der Waals surface area contributed by atoms with Gasteiger partial charge in [-0.2, -0.15) is 0 Å². The molecule has 0 heterocycles. The maximum absolute atomic E-state index is 11.2. The van der Waals surface area contributed by atoms with Gasteiger partial charge in [-0.15, -0.1) is 0 Å². The highest BCUT2D eigenvalue weighted by Crippen LogP contribution is 1.97. The maximum atomic E-state index is 11.2. The molecule has 0 aromatic carbocycles. The van der Waals surface area contributed by atoms with Gasteiger partial charge < -0.3 is 15.8 Å². The molecule has 4 nitrogen and oxygen atoms in total. The molecule has 0 fully saturated rings. The Morgan fingerprint density at radius 1 is 1.62 bits per heavy atom. The Morgan fingerprint density at radius 2 is 2.31 bits per heavy atom. The fourth-order valence-corrected chi connectivity index (χ4v) is 0.916. The van der Waals surface area contributed by atoms with E-state index in [2.05, 4.69) is 5.32 Å². The fourth-order valence-electron chi connectivity index (χ4n) is 0.916. The van der Waals surface area contributed by atoms with Crippen LogP contribution in [0.3, 0.4) is 0 Å². The van der Waals surface area contributed by atoms with Crippen LogP contribution < -0.4 is 11.1 Å². The van der Waals surface area contributed by atoms with E-state index in [0.29, 0.717) is 26.1 Å².